The maximum Gasteiger partial charge on any atom is 0.305 e. The van der Waals surface area contributed by atoms with Crippen LogP contribution in [0.2, 0.25) is 0 Å². The molecule has 6 aliphatic rings. The van der Waals surface area contributed by atoms with Crippen molar-refractivity contribution < 1.29 is 85.6 Å². The normalized spacial score (nSPS) is 16.0. The zero-order valence-electron chi connectivity index (χ0n) is 82.7. The second kappa shape index (κ2) is 97.4. The van der Waals surface area contributed by atoms with Crippen molar-refractivity contribution in [1.29, 1.82) is 0 Å². The first kappa shape index (κ1) is 120. The Balaban J connectivity index is 0.000000761. The molecule has 0 bridgehead atoms. The quantitative estimate of drug-likeness (QED) is 0.0313. The van der Waals surface area contributed by atoms with Gasteiger partial charge in [-0.2, -0.15) is 0 Å². The zero-order chi connectivity index (χ0) is 91.1. The van der Waals surface area contributed by atoms with Crippen molar-refractivity contribution in [2.24, 2.45) is 0 Å². The van der Waals surface area contributed by atoms with Gasteiger partial charge in [-0.05, 0) is 38.5 Å². The number of hydrogen-bond donors (Lipinski definition) is 0. The van der Waals surface area contributed by atoms with Crippen LogP contribution in [0.15, 0.2) is 0 Å². The molecule has 744 valence electrons. The third kappa shape index (κ3) is 87.0. The van der Waals surface area contributed by atoms with Crippen molar-refractivity contribution in [2.45, 2.75) is 388 Å². The molecule has 24 nitrogen and oxygen atoms in total. The summed E-state index contributed by atoms with van der Waals surface area (Å²) in [6, 6.07) is 0. The largest absolute Gasteiger partial charge is 0.464 e. The third-order valence-electron chi connectivity index (χ3n) is 24.1. The predicted octanol–water partition coefficient (Wildman–Crippen LogP) is 20.4. The van der Waals surface area contributed by atoms with E-state index in [0.717, 1.165) is 281 Å². The number of esters is 6. The molecule has 6 fully saturated rings. The van der Waals surface area contributed by atoms with Gasteiger partial charge in [0.15, 0.2) is 0 Å². The van der Waals surface area contributed by atoms with Gasteiger partial charge in [0, 0.05) is 156 Å². The molecule has 0 aromatic rings. The van der Waals surface area contributed by atoms with Crippen LogP contribution in [-0.2, 0) is 85.6 Å². The SMILES string of the molecule is CCCCCC(=O)OCCN1CCOCC1.CCCCCCCC(=O)OCCN1CCOCC1.CCCCCCCCCC(=O)OCCN1CCOCC1.CCCCCCCCCCCC(=O)OCCN1CCOCC1.CCCCCCCCCCCCCC(=O)OCCN1CCOCC1.CCCCCCCCCCCCCCCC(=O)OCCN1CCOCC1. The summed E-state index contributed by atoms with van der Waals surface area (Å²) in [4.78, 5) is 83.0. The summed E-state index contributed by atoms with van der Waals surface area (Å²) in [5, 5.41) is 0. The Labute approximate surface area is 771 Å². The highest BCUT2D eigenvalue weighted by Crippen LogP contribution is 2.18. The van der Waals surface area contributed by atoms with Crippen LogP contribution in [0, 0.1) is 0 Å². The molecule has 0 spiro atoms. The maximum atomic E-state index is 11.7. The summed E-state index contributed by atoms with van der Waals surface area (Å²) >= 11 is 0. The Morgan fingerprint density at radius 1 is 0.167 bits per heavy atom. The molecule has 0 N–H and O–H groups in total. The van der Waals surface area contributed by atoms with Crippen molar-refractivity contribution in [3.63, 3.8) is 0 Å². The molecule has 6 saturated heterocycles. The average molecular weight is 1800 g/mol. The summed E-state index contributed by atoms with van der Waals surface area (Å²) in [7, 11) is 0. The topological polar surface area (TPSA) is 233 Å². The van der Waals surface area contributed by atoms with Crippen LogP contribution in [0.4, 0.5) is 0 Å². The standard InChI is InChI=1S/C22H43NO3.C20H39NO3.C18H35NO3.C16H31NO3.C14H27NO3.C12H23NO3/c1-2-3-4-5-6-7-8-9-10-11-12-13-14-15-22(24)26-21-18-23-16-19-25-20-17-23;1-2-3-4-5-6-7-8-9-10-11-12-13-20(22)24-19-16-21-14-17-23-18-15-21;1-2-3-4-5-6-7-8-9-10-11-18(20)22-17-14-19-12-15-21-16-13-19;1-2-3-4-5-6-7-8-9-16(18)20-15-12-17-10-13-19-14-11-17;1-2-3-4-5-6-7-14(16)18-13-10-15-8-11-17-12-9-15;1-2-3-4-5-12(14)16-11-8-13-6-9-15-10-7-13/h2-21H2,1H3;2-19H2,1H3;2-17H2,1H3;2-15H2,1H3;2-13H2,1H3;2-11H2,1H3. The van der Waals surface area contributed by atoms with E-state index in [9.17, 15) is 28.8 Å². The second-order valence-corrected chi connectivity index (χ2v) is 35.4. The van der Waals surface area contributed by atoms with E-state index >= 15 is 0 Å². The monoisotopic (exact) mass is 1800 g/mol. The lowest BCUT2D eigenvalue weighted by molar-refractivity contribution is -0.145. The van der Waals surface area contributed by atoms with Gasteiger partial charge in [-0.15, -0.1) is 0 Å². The molecule has 0 atom stereocenters. The molecule has 0 unspecified atom stereocenters. The minimum absolute atomic E-state index is 0.0265. The Kier molecular flexibility index (Phi) is 93.0. The van der Waals surface area contributed by atoms with Gasteiger partial charge in [0.25, 0.3) is 0 Å². The van der Waals surface area contributed by atoms with Crippen molar-refractivity contribution in [3.8, 4) is 0 Å². The first-order valence-corrected chi connectivity index (χ1v) is 52.7. The van der Waals surface area contributed by atoms with Crippen LogP contribution in [0.1, 0.15) is 388 Å². The van der Waals surface area contributed by atoms with E-state index in [0.29, 0.717) is 78.2 Å². The van der Waals surface area contributed by atoms with E-state index in [2.05, 4.69) is 70.9 Å². The summed E-state index contributed by atoms with van der Waals surface area (Å²) in [5.74, 6) is -0.218. The molecule has 6 rings (SSSR count). The molecule has 24 heteroatoms. The van der Waals surface area contributed by atoms with Gasteiger partial charge in [0.1, 0.15) is 39.6 Å². The maximum absolute atomic E-state index is 11.7. The summed E-state index contributed by atoms with van der Waals surface area (Å²) < 4.78 is 63.3. The van der Waals surface area contributed by atoms with Crippen LogP contribution < -0.4 is 0 Å². The van der Waals surface area contributed by atoms with Crippen LogP contribution in [0.3, 0.4) is 0 Å². The number of unbranched alkanes of at least 4 members (excludes halogenated alkanes) is 42. The molecule has 6 aliphatic heterocycles. The zero-order valence-corrected chi connectivity index (χ0v) is 82.7. The van der Waals surface area contributed by atoms with E-state index in [1.165, 1.54) is 225 Å². The average Bonchev–Trinajstić information content (AvgIpc) is 0.982. The Morgan fingerprint density at radius 3 is 0.397 bits per heavy atom. The number of hydrogen-bond acceptors (Lipinski definition) is 24. The molecule has 0 saturated carbocycles. The first-order valence-electron chi connectivity index (χ1n) is 52.7. The number of ether oxygens (including phenoxy) is 12. The van der Waals surface area contributed by atoms with Crippen molar-refractivity contribution in [1.82, 2.24) is 29.4 Å². The fourth-order valence-electron chi connectivity index (χ4n) is 15.5. The summed E-state index contributed by atoms with van der Waals surface area (Å²) in [6.07, 6.45) is 64.4. The van der Waals surface area contributed by atoms with Gasteiger partial charge >= 0.3 is 35.8 Å². The number of carbonyl (C=O) groups excluding carboxylic acids is 6. The summed E-state index contributed by atoms with van der Waals surface area (Å²) in [6.45, 7) is 42.5. The molecular weight excluding hydrogens is 1600 g/mol. The van der Waals surface area contributed by atoms with E-state index < -0.39 is 0 Å². The molecule has 0 aliphatic carbocycles. The lowest BCUT2D eigenvalue weighted by atomic mass is 10.0. The van der Waals surface area contributed by atoms with Crippen molar-refractivity contribution >= 4 is 35.8 Å². The molecule has 6 heterocycles. The number of rotatable bonds is 72. The Hall–Kier alpha value is -3.66. The van der Waals surface area contributed by atoms with Gasteiger partial charge in [-0.1, -0.05) is 311 Å². The number of morpholine rings is 6. The highest BCUT2D eigenvalue weighted by Gasteiger charge is 2.18. The second-order valence-electron chi connectivity index (χ2n) is 35.4. The predicted molar refractivity (Wildman–Crippen MR) is 513 cm³/mol. The highest BCUT2D eigenvalue weighted by molar-refractivity contribution is 5.71. The first-order chi connectivity index (χ1) is 62.0. The lowest BCUT2D eigenvalue weighted by Gasteiger charge is -2.26. The lowest BCUT2D eigenvalue weighted by Crippen LogP contribution is -2.38. The van der Waals surface area contributed by atoms with Gasteiger partial charge in [0.05, 0.1) is 79.3 Å². The Bertz CT molecular complexity index is 2320. The van der Waals surface area contributed by atoms with E-state index in [1.54, 1.807) is 0 Å². The van der Waals surface area contributed by atoms with Crippen molar-refractivity contribution in [2.75, 3.05) is 237 Å². The molecule has 0 amide bonds. The van der Waals surface area contributed by atoms with Gasteiger partial charge in [0.2, 0.25) is 0 Å². The van der Waals surface area contributed by atoms with E-state index in [-0.39, 0.29) is 35.8 Å². The molecule has 0 radical (unpaired) electrons. The molecule has 0 aromatic carbocycles. The number of carbonyl (C=O) groups is 6. The minimum atomic E-state index is -0.0540. The molecule has 126 heavy (non-hydrogen) atoms. The number of nitrogens with zero attached hydrogens (tertiary/aromatic N) is 6. The van der Waals surface area contributed by atoms with Crippen molar-refractivity contribution in [3.05, 3.63) is 0 Å². The summed E-state index contributed by atoms with van der Waals surface area (Å²) in [5.41, 5.74) is 0. The fraction of sp³-hybridized carbons (Fsp3) is 0.941. The Morgan fingerprint density at radius 2 is 0.270 bits per heavy atom. The molecule has 0 aromatic heterocycles. The van der Waals surface area contributed by atoms with E-state index in [4.69, 9.17) is 56.8 Å². The smallest absolute Gasteiger partial charge is 0.305 e. The van der Waals surface area contributed by atoms with Gasteiger partial charge in [-0.25, -0.2) is 0 Å². The van der Waals surface area contributed by atoms with E-state index in [1.807, 2.05) is 0 Å². The third-order valence-corrected chi connectivity index (χ3v) is 24.1. The fourth-order valence-corrected chi connectivity index (χ4v) is 15.5. The van der Waals surface area contributed by atoms with Crippen LogP contribution in [-0.4, -0.2) is 302 Å². The molecular formula is C102H198N6O18. The van der Waals surface area contributed by atoms with Crippen LogP contribution >= 0.6 is 0 Å². The van der Waals surface area contributed by atoms with Gasteiger partial charge in [-0.3, -0.25) is 58.2 Å². The van der Waals surface area contributed by atoms with Crippen LogP contribution in [0.5, 0.6) is 0 Å². The van der Waals surface area contributed by atoms with Crippen LogP contribution in [0.25, 0.3) is 0 Å². The van der Waals surface area contributed by atoms with Gasteiger partial charge < -0.3 is 56.8 Å². The highest BCUT2D eigenvalue weighted by atomic mass is 16.6. The minimum Gasteiger partial charge on any atom is -0.464 e.